The predicted molar refractivity (Wildman–Crippen MR) is 113 cm³/mol. The van der Waals surface area contributed by atoms with E-state index < -0.39 is 5.41 Å². The summed E-state index contributed by atoms with van der Waals surface area (Å²) in [5.74, 6) is 1.30. The van der Waals surface area contributed by atoms with Crippen molar-refractivity contribution in [1.29, 1.82) is 0 Å². The smallest absolute Gasteiger partial charge is 0.227 e. The number of hydrogen-bond acceptors (Lipinski definition) is 4. The number of likely N-dealkylation sites (tertiary alicyclic amines) is 1. The number of rotatable bonds is 3. The van der Waals surface area contributed by atoms with Crippen LogP contribution in [-0.4, -0.2) is 71.1 Å². The van der Waals surface area contributed by atoms with Gasteiger partial charge in [-0.1, -0.05) is 27.7 Å². The molecule has 0 bridgehead atoms. The summed E-state index contributed by atoms with van der Waals surface area (Å²) in [6, 6.07) is 2.18. The number of hydrogen-bond donors (Lipinski definition) is 1. The number of anilines is 1. The van der Waals surface area contributed by atoms with Crippen LogP contribution in [0, 0.1) is 11.3 Å². The SMILES string of the molecule is CC(C)(C)C(=O)N1CCCC(C(=O)N2CCN(c3cc(C4(C)CC4)[nH]n3)CC2)C1. The average Bonchev–Trinajstić information content (AvgIpc) is 3.26. The third kappa shape index (κ3) is 4.14. The number of piperidine rings is 1. The van der Waals surface area contributed by atoms with Crippen LogP contribution < -0.4 is 4.90 Å². The minimum Gasteiger partial charge on any atom is -0.352 e. The van der Waals surface area contributed by atoms with Gasteiger partial charge in [0.05, 0.1) is 5.92 Å². The lowest BCUT2D eigenvalue weighted by Gasteiger charge is -2.40. The third-order valence-corrected chi connectivity index (χ3v) is 6.83. The van der Waals surface area contributed by atoms with E-state index in [4.69, 9.17) is 0 Å². The highest BCUT2D eigenvalue weighted by atomic mass is 16.2. The Morgan fingerprint density at radius 2 is 1.79 bits per heavy atom. The van der Waals surface area contributed by atoms with Gasteiger partial charge in [-0.25, -0.2) is 0 Å². The summed E-state index contributed by atoms with van der Waals surface area (Å²) in [4.78, 5) is 31.9. The van der Waals surface area contributed by atoms with E-state index in [-0.39, 0.29) is 17.7 Å². The van der Waals surface area contributed by atoms with Gasteiger partial charge in [-0.2, -0.15) is 5.10 Å². The first-order chi connectivity index (χ1) is 13.7. The molecule has 2 amide bonds. The molecule has 3 fully saturated rings. The van der Waals surface area contributed by atoms with Gasteiger partial charge in [-0.15, -0.1) is 0 Å². The van der Waals surface area contributed by atoms with Crippen molar-refractivity contribution in [3.8, 4) is 0 Å². The zero-order valence-corrected chi connectivity index (χ0v) is 18.3. The third-order valence-electron chi connectivity index (χ3n) is 6.83. The molecule has 7 heteroatoms. The van der Waals surface area contributed by atoms with E-state index in [1.165, 1.54) is 18.5 Å². The van der Waals surface area contributed by atoms with E-state index in [0.717, 1.165) is 51.4 Å². The molecule has 3 aliphatic rings. The van der Waals surface area contributed by atoms with Crippen LogP contribution in [-0.2, 0) is 15.0 Å². The Labute approximate surface area is 173 Å². The van der Waals surface area contributed by atoms with Gasteiger partial charge in [0.25, 0.3) is 0 Å². The quantitative estimate of drug-likeness (QED) is 0.844. The Morgan fingerprint density at radius 3 is 2.41 bits per heavy atom. The first-order valence-corrected chi connectivity index (χ1v) is 11.1. The van der Waals surface area contributed by atoms with Gasteiger partial charge >= 0.3 is 0 Å². The molecule has 4 rings (SSSR count). The van der Waals surface area contributed by atoms with E-state index in [1.807, 2.05) is 30.6 Å². The van der Waals surface area contributed by atoms with Crippen molar-refractivity contribution in [2.75, 3.05) is 44.2 Å². The first-order valence-electron chi connectivity index (χ1n) is 11.1. The predicted octanol–water partition coefficient (Wildman–Crippen LogP) is 2.39. The number of piperazine rings is 1. The molecule has 29 heavy (non-hydrogen) atoms. The van der Waals surface area contributed by atoms with Crippen molar-refractivity contribution in [2.24, 2.45) is 11.3 Å². The van der Waals surface area contributed by atoms with Gasteiger partial charge in [0, 0.05) is 61.9 Å². The van der Waals surface area contributed by atoms with Crippen LogP contribution in [0.15, 0.2) is 6.07 Å². The molecule has 2 saturated heterocycles. The molecule has 1 aromatic rings. The van der Waals surface area contributed by atoms with Crippen molar-refractivity contribution < 1.29 is 9.59 Å². The van der Waals surface area contributed by atoms with E-state index in [2.05, 4.69) is 28.1 Å². The Morgan fingerprint density at radius 1 is 1.10 bits per heavy atom. The molecule has 1 aliphatic carbocycles. The maximum Gasteiger partial charge on any atom is 0.227 e. The second-order valence-corrected chi connectivity index (χ2v) is 10.4. The number of carbonyl (C=O) groups excluding carboxylic acids is 2. The number of aromatic amines is 1. The Kier molecular flexibility index (Phi) is 5.11. The highest BCUT2D eigenvalue weighted by Crippen LogP contribution is 2.47. The second kappa shape index (κ2) is 7.33. The first kappa shape index (κ1) is 20.2. The van der Waals surface area contributed by atoms with Crippen molar-refractivity contribution >= 4 is 17.6 Å². The van der Waals surface area contributed by atoms with E-state index >= 15 is 0 Å². The molecule has 1 unspecified atom stereocenters. The van der Waals surface area contributed by atoms with Crippen LogP contribution in [0.2, 0.25) is 0 Å². The van der Waals surface area contributed by atoms with Gasteiger partial charge in [-0.3, -0.25) is 14.7 Å². The summed E-state index contributed by atoms with van der Waals surface area (Å²) in [6.07, 6.45) is 4.25. The van der Waals surface area contributed by atoms with Crippen LogP contribution in [0.4, 0.5) is 5.82 Å². The standard InChI is InChI=1S/C22H35N5O2/c1-21(2,3)20(29)27-9-5-6-16(15-27)19(28)26-12-10-25(11-13-26)18-14-17(23-24-18)22(4)7-8-22/h14,16H,5-13,15H2,1-4H3,(H,23,24). The Bertz CT molecular complexity index is 768. The summed E-state index contributed by atoms with van der Waals surface area (Å²) in [6.45, 7) is 12.5. The largest absolute Gasteiger partial charge is 0.352 e. The maximum absolute atomic E-state index is 13.1. The van der Waals surface area contributed by atoms with Crippen molar-refractivity contribution in [2.45, 2.75) is 58.8 Å². The fraction of sp³-hybridized carbons (Fsp3) is 0.773. The number of carbonyl (C=O) groups is 2. The van der Waals surface area contributed by atoms with E-state index in [1.54, 1.807) is 0 Å². The monoisotopic (exact) mass is 401 g/mol. The van der Waals surface area contributed by atoms with Crippen LogP contribution in [0.1, 0.15) is 59.1 Å². The van der Waals surface area contributed by atoms with Gasteiger partial charge in [-0.05, 0) is 25.7 Å². The molecule has 0 aromatic carbocycles. The summed E-state index contributed by atoms with van der Waals surface area (Å²) >= 11 is 0. The summed E-state index contributed by atoms with van der Waals surface area (Å²) in [5, 5.41) is 7.72. The molecular formula is C22H35N5O2. The van der Waals surface area contributed by atoms with Crippen LogP contribution in [0.5, 0.6) is 0 Å². The number of aromatic nitrogens is 2. The highest BCUT2D eigenvalue weighted by Gasteiger charge is 2.41. The number of nitrogens with one attached hydrogen (secondary N) is 1. The van der Waals surface area contributed by atoms with E-state index in [9.17, 15) is 9.59 Å². The molecule has 1 atom stereocenters. The van der Waals surface area contributed by atoms with Crippen LogP contribution >= 0.6 is 0 Å². The van der Waals surface area contributed by atoms with Crippen molar-refractivity contribution in [3.63, 3.8) is 0 Å². The fourth-order valence-electron chi connectivity index (χ4n) is 4.49. The molecule has 1 saturated carbocycles. The number of amides is 2. The maximum atomic E-state index is 13.1. The topological polar surface area (TPSA) is 72.5 Å². The average molecular weight is 402 g/mol. The molecule has 160 valence electrons. The Balaban J connectivity index is 1.32. The lowest BCUT2D eigenvalue weighted by atomic mass is 9.90. The summed E-state index contributed by atoms with van der Waals surface area (Å²) < 4.78 is 0. The molecule has 0 radical (unpaired) electrons. The molecular weight excluding hydrogens is 366 g/mol. The molecule has 1 aromatic heterocycles. The van der Waals surface area contributed by atoms with E-state index in [0.29, 0.717) is 12.0 Å². The highest BCUT2D eigenvalue weighted by molar-refractivity contribution is 5.84. The molecule has 0 spiro atoms. The van der Waals surface area contributed by atoms with Gasteiger partial charge in [0.15, 0.2) is 5.82 Å². The van der Waals surface area contributed by atoms with Crippen LogP contribution in [0.3, 0.4) is 0 Å². The lowest BCUT2D eigenvalue weighted by molar-refractivity contribution is -0.145. The zero-order chi connectivity index (χ0) is 20.8. The van der Waals surface area contributed by atoms with Gasteiger partial charge in [0.2, 0.25) is 11.8 Å². The number of H-pyrrole nitrogens is 1. The van der Waals surface area contributed by atoms with Crippen molar-refractivity contribution in [1.82, 2.24) is 20.0 Å². The van der Waals surface area contributed by atoms with Crippen molar-refractivity contribution in [3.05, 3.63) is 11.8 Å². The van der Waals surface area contributed by atoms with Gasteiger partial charge in [0.1, 0.15) is 0 Å². The van der Waals surface area contributed by atoms with Gasteiger partial charge < -0.3 is 14.7 Å². The van der Waals surface area contributed by atoms with Crippen LogP contribution in [0.25, 0.3) is 0 Å². The fourth-order valence-corrected chi connectivity index (χ4v) is 4.49. The minimum atomic E-state index is -0.392. The minimum absolute atomic E-state index is 0.0617. The lowest BCUT2D eigenvalue weighted by Crippen LogP contribution is -2.54. The second-order valence-electron chi connectivity index (χ2n) is 10.4. The molecule has 7 nitrogen and oxygen atoms in total. The Hall–Kier alpha value is -2.05. The molecule has 3 heterocycles. The molecule has 2 aliphatic heterocycles. The zero-order valence-electron chi connectivity index (χ0n) is 18.3. The summed E-state index contributed by atoms with van der Waals surface area (Å²) in [7, 11) is 0. The molecule has 1 N–H and O–H groups in total. The normalized spacial score (nSPS) is 24.6. The summed E-state index contributed by atoms with van der Waals surface area (Å²) in [5.41, 5.74) is 1.13. The number of nitrogens with zero attached hydrogens (tertiary/aromatic N) is 4.